The minimum atomic E-state index is 0.554. The molecule has 0 aromatic heterocycles. The summed E-state index contributed by atoms with van der Waals surface area (Å²) in [5.74, 6) is 0.717. The van der Waals surface area contributed by atoms with Crippen LogP contribution in [0.25, 0.3) is 22.4 Å². The van der Waals surface area contributed by atoms with E-state index in [0.717, 1.165) is 27.6 Å². The topological polar surface area (TPSA) is 33.0 Å². The summed E-state index contributed by atoms with van der Waals surface area (Å²) in [5.41, 5.74) is 2.28. The number of halogens is 1. The molecular weight excluding hydrogens is 318 g/mol. The predicted molar refractivity (Wildman–Crippen MR) is 100 cm³/mol. The molecule has 118 valence electrons. The molecular formula is C21H16ClNO. The first kappa shape index (κ1) is 16.1. The van der Waals surface area contributed by atoms with Gasteiger partial charge in [0.1, 0.15) is 5.75 Å². The number of nitrogens with zero attached hydrogens (tertiary/aromatic N) is 1. The highest BCUT2D eigenvalue weighted by atomic mass is 35.5. The average molecular weight is 334 g/mol. The Morgan fingerprint density at radius 2 is 1.92 bits per heavy atom. The molecule has 3 aromatic carbocycles. The standard InChI is InChI=1S/C21H16ClNO/c1-2-24-21-11-10-18(22)13-16(21)12-17(14-23)20-9-5-7-15-6-3-4-8-19(15)20/h3-13H,2H2,1H3/b17-12-. The van der Waals surface area contributed by atoms with Crippen LogP contribution in [0, 0.1) is 11.3 Å². The van der Waals surface area contributed by atoms with Crippen LogP contribution in [0.5, 0.6) is 5.75 Å². The Morgan fingerprint density at radius 3 is 2.71 bits per heavy atom. The predicted octanol–water partition coefficient (Wildman–Crippen LogP) is 5.96. The van der Waals surface area contributed by atoms with E-state index in [2.05, 4.69) is 6.07 Å². The molecule has 24 heavy (non-hydrogen) atoms. The SMILES string of the molecule is CCOc1ccc(Cl)cc1/C=C(/C#N)c1cccc2ccccc12. The van der Waals surface area contributed by atoms with E-state index in [1.54, 1.807) is 6.07 Å². The third kappa shape index (κ3) is 3.27. The van der Waals surface area contributed by atoms with Crippen molar-refractivity contribution in [1.82, 2.24) is 0 Å². The van der Waals surface area contributed by atoms with Crippen LogP contribution in [-0.2, 0) is 0 Å². The van der Waals surface area contributed by atoms with E-state index in [4.69, 9.17) is 16.3 Å². The van der Waals surface area contributed by atoms with E-state index in [9.17, 15) is 5.26 Å². The van der Waals surface area contributed by atoms with Crippen molar-refractivity contribution in [1.29, 1.82) is 5.26 Å². The van der Waals surface area contributed by atoms with Crippen molar-refractivity contribution in [3.63, 3.8) is 0 Å². The van der Waals surface area contributed by atoms with Gasteiger partial charge in [-0.15, -0.1) is 0 Å². The lowest BCUT2D eigenvalue weighted by Crippen LogP contribution is -1.94. The fraction of sp³-hybridized carbons (Fsp3) is 0.0952. The van der Waals surface area contributed by atoms with Crippen LogP contribution >= 0.6 is 11.6 Å². The van der Waals surface area contributed by atoms with Crippen molar-refractivity contribution in [3.05, 3.63) is 76.8 Å². The van der Waals surface area contributed by atoms with Crippen LogP contribution in [0.2, 0.25) is 5.02 Å². The largest absolute Gasteiger partial charge is 0.493 e. The number of rotatable bonds is 4. The zero-order chi connectivity index (χ0) is 16.9. The summed E-state index contributed by atoms with van der Waals surface area (Å²) in [6.07, 6.45) is 1.83. The highest BCUT2D eigenvalue weighted by molar-refractivity contribution is 6.30. The van der Waals surface area contributed by atoms with E-state index in [-0.39, 0.29) is 0 Å². The normalized spacial score (nSPS) is 11.3. The maximum atomic E-state index is 9.70. The van der Waals surface area contributed by atoms with Crippen molar-refractivity contribution >= 4 is 34.0 Å². The number of hydrogen-bond donors (Lipinski definition) is 0. The van der Waals surface area contributed by atoms with E-state index in [0.29, 0.717) is 17.2 Å². The Hall–Kier alpha value is -2.76. The molecule has 0 N–H and O–H groups in total. The van der Waals surface area contributed by atoms with Crippen molar-refractivity contribution < 1.29 is 4.74 Å². The second-order valence-electron chi connectivity index (χ2n) is 5.31. The molecule has 0 aliphatic heterocycles. The quantitative estimate of drug-likeness (QED) is 0.436. The Balaban J connectivity index is 2.17. The minimum absolute atomic E-state index is 0.554. The molecule has 0 spiro atoms. The summed E-state index contributed by atoms with van der Waals surface area (Å²) in [4.78, 5) is 0. The molecule has 0 heterocycles. The molecule has 0 aliphatic rings. The lowest BCUT2D eigenvalue weighted by Gasteiger charge is -2.09. The van der Waals surface area contributed by atoms with Crippen LogP contribution in [0.1, 0.15) is 18.1 Å². The van der Waals surface area contributed by atoms with Crippen molar-refractivity contribution in [2.24, 2.45) is 0 Å². The van der Waals surface area contributed by atoms with E-state index in [1.807, 2.05) is 67.6 Å². The monoisotopic (exact) mass is 333 g/mol. The first-order valence-corrected chi connectivity index (χ1v) is 8.13. The lowest BCUT2D eigenvalue weighted by atomic mass is 9.97. The van der Waals surface area contributed by atoms with Crippen LogP contribution in [0.3, 0.4) is 0 Å². The summed E-state index contributed by atoms with van der Waals surface area (Å²) in [5, 5.41) is 12.5. The van der Waals surface area contributed by atoms with Crippen molar-refractivity contribution in [3.8, 4) is 11.8 Å². The Kier molecular flexibility index (Phi) is 4.84. The summed E-state index contributed by atoms with van der Waals surface area (Å²) < 4.78 is 5.65. The zero-order valence-electron chi connectivity index (χ0n) is 13.3. The minimum Gasteiger partial charge on any atom is -0.493 e. The van der Waals surface area contributed by atoms with Crippen LogP contribution < -0.4 is 4.74 Å². The van der Waals surface area contributed by atoms with Gasteiger partial charge in [0.2, 0.25) is 0 Å². The van der Waals surface area contributed by atoms with Gasteiger partial charge in [0, 0.05) is 16.1 Å². The Labute approximate surface area is 146 Å². The smallest absolute Gasteiger partial charge is 0.126 e. The van der Waals surface area contributed by atoms with Gasteiger partial charge in [-0.25, -0.2) is 0 Å². The number of allylic oxidation sites excluding steroid dienone is 1. The van der Waals surface area contributed by atoms with Gasteiger partial charge in [-0.3, -0.25) is 0 Å². The second-order valence-corrected chi connectivity index (χ2v) is 5.75. The van der Waals surface area contributed by atoms with Crippen molar-refractivity contribution in [2.75, 3.05) is 6.61 Å². The van der Waals surface area contributed by atoms with Gasteiger partial charge < -0.3 is 4.74 Å². The van der Waals surface area contributed by atoms with E-state index in [1.165, 1.54) is 0 Å². The lowest BCUT2D eigenvalue weighted by molar-refractivity contribution is 0.339. The highest BCUT2D eigenvalue weighted by Gasteiger charge is 2.09. The Morgan fingerprint density at radius 1 is 1.12 bits per heavy atom. The first-order valence-electron chi connectivity index (χ1n) is 7.75. The van der Waals surface area contributed by atoms with Gasteiger partial charge in [-0.05, 0) is 42.0 Å². The summed E-state index contributed by atoms with van der Waals surface area (Å²) in [6, 6.07) is 21.7. The van der Waals surface area contributed by atoms with E-state index >= 15 is 0 Å². The molecule has 0 saturated carbocycles. The molecule has 0 radical (unpaired) electrons. The number of hydrogen-bond acceptors (Lipinski definition) is 2. The maximum absolute atomic E-state index is 9.70. The first-order chi connectivity index (χ1) is 11.7. The second kappa shape index (κ2) is 7.21. The fourth-order valence-corrected chi connectivity index (χ4v) is 2.89. The number of ether oxygens (including phenoxy) is 1. The van der Waals surface area contributed by atoms with Gasteiger partial charge in [0.05, 0.1) is 18.2 Å². The molecule has 0 unspecified atom stereocenters. The number of fused-ring (bicyclic) bond motifs is 1. The Bertz CT molecular complexity index is 948. The molecule has 0 fully saturated rings. The van der Waals surface area contributed by atoms with Gasteiger partial charge >= 0.3 is 0 Å². The maximum Gasteiger partial charge on any atom is 0.126 e. The molecule has 0 amide bonds. The van der Waals surface area contributed by atoms with Gasteiger partial charge in [0.15, 0.2) is 0 Å². The molecule has 0 saturated heterocycles. The summed E-state index contributed by atoms with van der Waals surface area (Å²) in [7, 11) is 0. The molecule has 0 atom stereocenters. The van der Waals surface area contributed by atoms with Crippen LogP contribution in [-0.4, -0.2) is 6.61 Å². The molecule has 3 rings (SSSR count). The fourth-order valence-electron chi connectivity index (χ4n) is 2.71. The van der Waals surface area contributed by atoms with Crippen LogP contribution in [0.15, 0.2) is 60.7 Å². The summed E-state index contributed by atoms with van der Waals surface area (Å²) in [6.45, 7) is 2.48. The molecule has 0 aliphatic carbocycles. The molecule has 0 bridgehead atoms. The molecule has 2 nitrogen and oxygen atoms in total. The van der Waals surface area contributed by atoms with Crippen molar-refractivity contribution in [2.45, 2.75) is 6.92 Å². The van der Waals surface area contributed by atoms with Crippen LogP contribution in [0.4, 0.5) is 0 Å². The van der Waals surface area contributed by atoms with Gasteiger partial charge in [0.25, 0.3) is 0 Å². The molecule has 3 aromatic rings. The van der Waals surface area contributed by atoms with Gasteiger partial charge in [-0.2, -0.15) is 5.26 Å². The third-order valence-electron chi connectivity index (χ3n) is 3.77. The molecule has 3 heteroatoms. The highest BCUT2D eigenvalue weighted by Crippen LogP contribution is 2.30. The summed E-state index contributed by atoms with van der Waals surface area (Å²) >= 11 is 6.12. The number of nitriles is 1. The third-order valence-corrected chi connectivity index (χ3v) is 4.01. The zero-order valence-corrected chi connectivity index (χ0v) is 14.0. The van der Waals surface area contributed by atoms with Gasteiger partial charge in [-0.1, -0.05) is 54.1 Å². The average Bonchev–Trinajstić information content (AvgIpc) is 2.61. The van der Waals surface area contributed by atoms with E-state index < -0.39 is 0 Å². The number of benzene rings is 3.